The molecule has 1 aromatic carbocycles. The summed E-state index contributed by atoms with van der Waals surface area (Å²) < 4.78 is 5.15. The van der Waals surface area contributed by atoms with Crippen LogP contribution in [-0.2, 0) is 4.74 Å². The Labute approximate surface area is 118 Å². The summed E-state index contributed by atoms with van der Waals surface area (Å²) in [6.45, 7) is 9.85. The minimum Gasteiger partial charge on any atom is -0.385 e. The van der Waals surface area contributed by atoms with Crippen molar-refractivity contribution < 1.29 is 4.74 Å². The number of hydrogen-bond donors (Lipinski definition) is 1. The molecule has 0 radical (unpaired) electrons. The van der Waals surface area contributed by atoms with E-state index in [2.05, 4.69) is 56.4 Å². The maximum Gasteiger partial charge on any atom is 0.0467 e. The van der Waals surface area contributed by atoms with Crippen LogP contribution in [0.3, 0.4) is 0 Å². The lowest BCUT2D eigenvalue weighted by molar-refractivity contribution is 0.151. The van der Waals surface area contributed by atoms with Gasteiger partial charge in [-0.15, -0.1) is 0 Å². The van der Waals surface area contributed by atoms with Gasteiger partial charge in [0.1, 0.15) is 0 Å². The summed E-state index contributed by atoms with van der Waals surface area (Å²) in [5, 5.41) is 3.58. The quantitative estimate of drug-likeness (QED) is 0.684. The van der Waals surface area contributed by atoms with Gasteiger partial charge in [-0.1, -0.05) is 51.1 Å². The van der Waals surface area contributed by atoms with Crippen molar-refractivity contribution in [1.29, 1.82) is 0 Å². The van der Waals surface area contributed by atoms with E-state index in [1.54, 1.807) is 7.11 Å². The highest BCUT2D eigenvalue weighted by atomic mass is 16.5. The van der Waals surface area contributed by atoms with E-state index >= 15 is 0 Å². The number of rotatable bonds is 9. The summed E-state index contributed by atoms with van der Waals surface area (Å²) in [7, 11) is 1.77. The van der Waals surface area contributed by atoms with E-state index in [9.17, 15) is 0 Å². The average Bonchev–Trinajstić information content (AvgIpc) is 2.42. The Kier molecular flexibility index (Phi) is 7.11. The molecule has 0 saturated heterocycles. The van der Waals surface area contributed by atoms with Crippen molar-refractivity contribution in [2.45, 2.75) is 39.5 Å². The molecule has 2 nitrogen and oxygen atoms in total. The molecule has 0 aliphatic rings. The second-order valence-corrected chi connectivity index (χ2v) is 6.18. The molecule has 108 valence electrons. The molecular weight excluding hydrogens is 234 g/mol. The molecule has 1 aromatic rings. The zero-order valence-electron chi connectivity index (χ0n) is 12.9. The highest BCUT2D eigenvalue weighted by Crippen LogP contribution is 2.20. The van der Waals surface area contributed by atoms with Crippen molar-refractivity contribution in [3.8, 4) is 0 Å². The van der Waals surface area contributed by atoms with Gasteiger partial charge in [0.15, 0.2) is 0 Å². The van der Waals surface area contributed by atoms with Crippen molar-refractivity contribution in [2.24, 2.45) is 5.41 Å². The van der Waals surface area contributed by atoms with E-state index < -0.39 is 0 Å². The lowest BCUT2D eigenvalue weighted by Crippen LogP contribution is -2.31. The van der Waals surface area contributed by atoms with Crippen LogP contribution < -0.4 is 5.32 Å². The zero-order valence-corrected chi connectivity index (χ0v) is 12.9. The van der Waals surface area contributed by atoms with Gasteiger partial charge in [0.2, 0.25) is 0 Å². The van der Waals surface area contributed by atoms with Crippen molar-refractivity contribution in [1.82, 2.24) is 5.32 Å². The molecule has 1 atom stereocenters. The monoisotopic (exact) mass is 263 g/mol. The van der Waals surface area contributed by atoms with E-state index in [-0.39, 0.29) is 0 Å². The second-order valence-electron chi connectivity index (χ2n) is 6.18. The summed E-state index contributed by atoms with van der Waals surface area (Å²) in [4.78, 5) is 0. The van der Waals surface area contributed by atoms with Gasteiger partial charge in [-0.05, 0) is 36.3 Å². The summed E-state index contributed by atoms with van der Waals surface area (Å²) in [5.74, 6) is 0.621. The van der Waals surface area contributed by atoms with Crippen molar-refractivity contribution >= 4 is 0 Å². The average molecular weight is 263 g/mol. The Balaban J connectivity index is 2.20. The molecule has 0 spiro atoms. The number of ether oxygens (including phenoxy) is 1. The summed E-state index contributed by atoms with van der Waals surface area (Å²) >= 11 is 0. The first-order valence-electron chi connectivity index (χ1n) is 7.30. The molecule has 1 N–H and O–H groups in total. The number of methoxy groups -OCH3 is 1. The normalized spacial score (nSPS) is 13.5. The highest BCUT2D eigenvalue weighted by molar-refractivity contribution is 5.18. The third-order valence-electron chi connectivity index (χ3n) is 3.71. The summed E-state index contributed by atoms with van der Waals surface area (Å²) in [6.07, 6.45) is 2.29. The molecule has 0 amide bonds. The number of benzene rings is 1. The van der Waals surface area contributed by atoms with Crippen molar-refractivity contribution in [3.63, 3.8) is 0 Å². The Hall–Kier alpha value is -0.860. The molecule has 1 rings (SSSR count). The van der Waals surface area contributed by atoms with E-state index in [4.69, 9.17) is 4.74 Å². The van der Waals surface area contributed by atoms with E-state index in [0.29, 0.717) is 11.3 Å². The van der Waals surface area contributed by atoms with Crippen molar-refractivity contribution in [2.75, 3.05) is 26.8 Å². The molecule has 2 heteroatoms. The standard InChI is InChI=1S/C17H29NO/c1-15(16-8-6-5-7-9-16)10-12-18-14-17(2,3)11-13-19-4/h5-9,15,18H,10-14H2,1-4H3. The van der Waals surface area contributed by atoms with Crippen LogP contribution in [0, 0.1) is 5.41 Å². The second kappa shape index (κ2) is 8.34. The fourth-order valence-corrected chi connectivity index (χ4v) is 2.16. The molecule has 1 unspecified atom stereocenters. The van der Waals surface area contributed by atoms with Gasteiger partial charge in [-0.25, -0.2) is 0 Å². The SMILES string of the molecule is COCCC(C)(C)CNCCC(C)c1ccccc1. The Morgan fingerprint density at radius 3 is 2.53 bits per heavy atom. The van der Waals surface area contributed by atoms with Gasteiger partial charge < -0.3 is 10.1 Å². The van der Waals surface area contributed by atoms with Gasteiger partial charge in [-0.3, -0.25) is 0 Å². The summed E-state index contributed by atoms with van der Waals surface area (Å²) in [5.41, 5.74) is 1.74. The molecule has 0 heterocycles. The van der Waals surface area contributed by atoms with Gasteiger partial charge >= 0.3 is 0 Å². The van der Waals surface area contributed by atoms with Crippen molar-refractivity contribution in [3.05, 3.63) is 35.9 Å². The minimum atomic E-state index is 0.312. The first kappa shape index (κ1) is 16.2. The van der Waals surface area contributed by atoms with Crippen LogP contribution in [0.1, 0.15) is 45.1 Å². The van der Waals surface area contributed by atoms with Crippen LogP contribution in [0.15, 0.2) is 30.3 Å². The fourth-order valence-electron chi connectivity index (χ4n) is 2.16. The molecule has 0 fully saturated rings. The van der Waals surface area contributed by atoms with Crippen LogP contribution in [0.2, 0.25) is 0 Å². The Bertz CT molecular complexity index is 334. The lowest BCUT2D eigenvalue weighted by Gasteiger charge is -2.25. The highest BCUT2D eigenvalue weighted by Gasteiger charge is 2.16. The predicted octanol–water partition coefficient (Wildman–Crippen LogP) is 3.83. The number of nitrogens with one attached hydrogen (secondary N) is 1. The smallest absolute Gasteiger partial charge is 0.0467 e. The van der Waals surface area contributed by atoms with E-state index in [0.717, 1.165) is 26.1 Å². The van der Waals surface area contributed by atoms with Crippen LogP contribution in [-0.4, -0.2) is 26.8 Å². The molecular formula is C17H29NO. The fraction of sp³-hybridized carbons (Fsp3) is 0.647. The van der Waals surface area contributed by atoms with Crippen LogP contribution >= 0.6 is 0 Å². The van der Waals surface area contributed by atoms with Gasteiger partial charge in [0.25, 0.3) is 0 Å². The first-order valence-corrected chi connectivity index (χ1v) is 7.30. The third kappa shape index (κ3) is 6.74. The predicted molar refractivity (Wildman–Crippen MR) is 82.6 cm³/mol. The van der Waals surface area contributed by atoms with Crippen LogP contribution in [0.5, 0.6) is 0 Å². The van der Waals surface area contributed by atoms with Crippen LogP contribution in [0.4, 0.5) is 0 Å². The topological polar surface area (TPSA) is 21.3 Å². The molecule has 0 bridgehead atoms. The molecule has 0 aliphatic carbocycles. The van der Waals surface area contributed by atoms with Gasteiger partial charge in [0, 0.05) is 20.3 Å². The maximum absolute atomic E-state index is 5.15. The van der Waals surface area contributed by atoms with Crippen LogP contribution in [0.25, 0.3) is 0 Å². The largest absolute Gasteiger partial charge is 0.385 e. The minimum absolute atomic E-state index is 0.312. The molecule has 19 heavy (non-hydrogen) atoms. The molecule has 0 aromatic heterocycles. The summed E-state index contributed by atoms with van der Waals surface area (Å²) in [6, 6.07) is 10.7. The Morgan fingerprint density at radius 1 is 1.21 bits per heavy atom. The van der Waals surface area contributed by atoms with Gasteiger partial charge in [-0.2, -0.15) is 0 Å². The zero-order chi connectivity index (χ0) is 14.1. The first-order chi connectivity index (χ1) is 9.05. The van der Waals surface area contributed by atoms with E-state index in [1.807, 2.05) is 0 Å². The van der Waals surface area contributed by atoms with Gasteiger partial charge in [0.05, 0.1) is 0 Å². The molecule has 0 aliphatic heterocycles. The number of hydrogen-bond acceptors (Lipinski definition) is 2. The third-order valence-corrected chi connectivity index (χ3v) is 3.71. The van der Waals surface area contributed by atoms with E-state index in [1.165, 1.54) is 12.0 Å². The lowest BCUT2D eigenvalue weighted by atomic mass is 9.89. The molecule has 0 saturated carbocycles. The Morgan fingerprint density at radius 2 is 1.89 bits per heavy atom. The maximum atomic E-state index is 5.15.